The smallest absolute Gasteiger partial charge is 0.196 e. The third kappa shape index (κ3) is 4.31. The fourth-order valence-corrected chi connectivity index (χ4v) is 3.13. The molecule has 0 bridgehead atoms. The number of benzene rings is 2. The van der Waals surface area contributed by atoms with Crippen LogP contribution in [0, 0.1) is 0 Å². The van der Waals surface area contributed by atoms with Crippen molar-refractivity contribution in [2.45, 2.75) is 19.3 Å². The second kappa shape index (κ2) is 8.03. The first kappa shape index (κ1) is 17.3. The van der Waals surface area contributed by atoms with Gasteiger partial charge in [0.2, 0.25) is 0 Å². The quantitative estimate of drug-likeness (QED) is 0.460. The molecule has 132 valence electrons. The highest BCUT2D eigenvalue weighted by Gasteiger charge is 2.16. The number of ketones is 1. The highest BCUT2D eigenvalue weighted by atomic mass is 16.5. The summed E-state index contributed by atoms with van der Waals surface area (Å²) in [4.78, 5) is 15.2. The molecule has 0 spiro atoms. The zero-order valence-corrected chi connectivity index (χ0v) is 14.4. The molecule has 5 nitrogen and oxygen atoms in total. The predicted octanol–water partition coefficient (Wildman–Crippen LogP) is 2.95. The van der Waals surface area contributed by atoms with Gasteiger partial charge in [0.25, 0.3) is 0 Å². The Bertz CT molecular complexity index is 739. The summed E-state index contributed by atoms with van der Waals surface area (Å²) in [6, 6.07) is 12.3. The highest BCUT2D eigenvalue weighted by Crippen LogP contribution is 2.24. The Morgan fingerprint density at radius 2 is 1.80 bits per heavy atom. The number of hydrogen-bond donors (Lipinski definition) is 2. The van der Waals surface area contributed by atoms with Crippen molar-refractivity contribution in [3.63, 3.8) is 0 Å². The number of rotatable bonds is 7. The van der Waals surface area contributed by atoms with Crippen LogP contribution in [-0.2, 0) is 0 Å². The summed E-state index contributed by atoms with van der Waals surface area (Å²) in [5.41, 5.74) is 13.5. The summed E-state index contributed by atoms with van der Waals surface area (Å²) in [7, 11) is 0. The fourth-order valence-electron chi connectivity index (χ4n) is 3.13. The van der Waals surface area contributed by atoms with Gasteiger partial charge in [0, 0.05) is 12.1 Å². The van der Waals surface area contributed by atoms with Crippen molar-refractivity contribution in [3.8, 4) is 5.75 Å². The summed E-state index contributed by atoms with van der Waals surface area (Å²) in [6.07, 6.45) is 3.54. The number of carbonyl (C=O) groups is 1. The average molecular weight is 339 g/mol. The lowest BCUT2D eigenvalue weighted by atomic mass is 10.0. The van der Waals surface area contributed by atoms with Crippen molar-refractivity contribution >= 4 is 17.2 Å². The van der Waals surface area contributed by atoms with Gasteiger partial charge in [0.15, 0.2) is 5.78 Å². The molecule has 5 heteroatoms. The van der Waals surface area contributed by atoms with E-state index < -0.39 is 0 Å². The minimum absolute atomic E-state index is 0.109. The number of hydrogen-bond acceptors (Lipinski definition) is 5. The molecule has 1 fully saturated rings. The standard InChI is InChI=1S/C20H25N3O2/c21-17-9-8-15(14-18(17)22)20(24)16-6-1-2-7-19(16)25-13-5-12-23-10-3-4-11-23/h1-2,6-9,14H,3-5,10-13,21-22H2. The minimum atomic E-state index is -0.109. The number of nitrogens with two attached hydrogens (primary N) is 2. The molecule has 1 heterocycles. The number of carbonyl (C=O) groups excluding carboxylic acids is 1. The van der Waals surface area contributed by atoms with Crippen LogP contribution in [0.15, 0.2) is 42.5 Å². The van der Waals surface area contributed by atoms with E-state index in [9.17, 15) is 4.79 Å². The van der Waals surface area contributed by atoms with Crippen molar-refractivity contribution in [1.82, 2.24) is 4.90 Å². The van der Waals surface area contributed by atoms with E-state index in [2.05, 4.69) is 4.90 Å². The Morgan fingerprint density at radius 3 is 2.56 bits per heavy atom. The molecule has 0 aromatic heterocycles. The molecule has 0 unspecified atom stereocenters. The molecule has 3 rings (SSSR count). The lowest BCUT2D eigenvalue weighted by molar-refractivity contribution is 0.103. The number of anilines is 2. The summed E-state index contributed by atoms with van der Waals surface area (Å²) in [6.45, 7) is 4.02. The van der Waals surface area contributed by atoms with Crippen molar-refractivity contribution in [1.29, 1.82) is 0 Å². The Labute approximate surface area is 148 Å². The van der Waals surface area contributed by atoms with Crippen LogP contribution in [-0.4, -0.2) is 36.9 Å². The molecular formula is C20H25N3O2. The van der Waals surface area contributed by atoms with Crippen LogP contribution in [0.3, 0.4) is 0 Å². The summed E-state index contributed by atoms with van der Waals surface area (Å²) >= 11 is 0. The molecule has 0 atom stereocenters. The van der Waals surface area contributed by atoms with Crippen molar-refractivity contribution in [2.75, 3.05) is 37.7 Å². The van der Waals surface area contributed by atoms with E-state index in [4.69, 9.17) is 16.2 Å². The maximum atomic E-state index is 12.8. The molecule has 0 radical (unpaired) electrons. The molecule has 25 heavy (non-hydrogen) atoms. The van der Waals surface area contributed by atoms with E-state index in [1.54, 1.807) is 24.3 Å². The Morgan fingerprint density at radius 1 is 1.04 bits per heavy atom. The molecule has 1 aliphatic rings. The minimum Gasteiger partial charge on any atom is -0.493 e. The lowest BCUT2D eigenvalue weighted by Crippen LogP contribution is -2.22. The van der Waals surface area contributed by atoms with Crippen LogP contribution in [0.25, 0.3) is 0 Å². The van der Waals surface area contributed by atoms with Gasteiger partial charge in [0.05, 0.1) is 23.5 Å². The third-order valence-corrected chi connectivity index (χ3v) is 4.56. The molecule has 1 aliphatic heterocycles. The average Bonchev–Trinajstić information content (AvgIpc) is 3.14. The van der Waals surface area contributed by atoms with Gasteiger partial charge in [-0.3, -0.25) is 4.79 Å². The SMILES string of the molecule is Nc1ccc(C(=O)c2ccccc2OCCCN2CCCC2)cc1N. The van der Waals surface area contributed by atoms with Crippen molar-refractivity contribution < 1.29 is 9.53 Å². The van der Waals surface area contributed by atoms with Crippen LogP contribution < -0.4 is 16.2 Å². The van der Waals surface area contributed by atoms with Crippen LogP contribution in [0.1, 0.15) is 35.2 Å². The molecule has 4 N–H and O–H groups in total. The topological polar surface area (TPSA) is 81.6 Å². The van der Waals surface area contributed by atoms with Crippen LogP contribution >= 0.6 is 0 Å². The zero-order valence-electron chi connectivity index (χ0n) is 14.4. The second-order valence-electron chi connectivity index (χ2n) is 6.42. The number of likely N-dealkylation sites (tertiary alicyclic amines) is 1. The first-order valence-electron chi connectivity index (χ1n) is 8.79. The zero-order chi connectivity index (χ0) is 17.6. The lowest BCUT2D eigenvalue weighted by Gasteiger charge is -2.15. The number of nitrogen functional groups attached to an aromatic ring is 2. The summed E-state index contributed by atoms with van der Waals surface area (Å²) < 4.78 is 5.89. The van der Waals surface area contributed by atoms with E-state index in [0.29, 0.717) is 34.9 Å². The van der Waals surface area contributed by atoms with Crippen LogP contribution in [0.5, 0.6) is 5.75 Å². The predicted molar refractivity (Wildman–Crippen MR) is 101 cm³/mol. The van der Waals surface area contributed by atoms with Gasteiger partial charge in [-0.15, -0.1) is 0 Å². The van der Waals surface area contributed by atoms with Crippen molar-refractivity contribution in [2.24, 2.45) is 0 Å². The van der Waals surface area contributed by atoms with Crippen molar-refractivity contribution in [3.05, 3.63) is 53.6 Å². The number of nitrogens with zero attached hydrogens (tertiary/aromatic N) is 1. The van der Waals surface area contributed by atoms with Gasteiger partial charge in [-0.1, -0.05) is 12.1 Å². The van der Waals surface area contributed by atoms with Gasteiger partial charge >= 0.3 is 0 Å². The van der Waals surface area contributed by atoms with Gasteiger partial charge in [0.1, 0.15) is 5.75 Å². The third-order valence-electron chi connectivity index (χ3n) is 4.56. The molecule has 0 amide bonds. The fraction of sp³-hybridized carbons (Fsp3) is 0.350. The van der Waals surface area contributed by atoms with Crippen LogP contribution in [0.4, 0.5) is 11.4 Å². The van der Waals surface area contributed by atoms with E-state index in [1.165, 1.54) is 25.9 Å². The first-order valence-corrected chi connectivity index (χ1v) is 8.79. The Balaban J connectivity index is 1.65. The second-order valence-corrected chi connectivity index (χ2v) is 6.42. The maximum Gasteiger partial charge on any atom is 0.196 e. The van der Waals surface area contributed by atoms with Gasteiger partial charge in [-0.05, 0) is 62.7 Å². The van der Waals surface area contributed by atoms with E-state index in [0.717, 1.165) is 13.0 Å². The van der Waals surface area contributed by atoms with E-state index in [1.807, 2.05) is 18.2 Å². The molecule has 2 aromatic carbocycles. The summed E-state index contributed by atoms with van der Waals surface area (Å²) in [5, 5.41) is 0. The number of ether oxygens (including phenoxy) is 1. The largest absolute Gasteiger partial charge is 0.493 e. The van der Waals surface area contributed by atoms with Crippen LogP contribution in [0.2, 0.25) is 0 Å². The Hall–Kier alpha value is -2.53. The molecule has 2 aromatic rings. The first-order chi connectivity index (χ1) is 12.1. The van der Waals surface area contributed by atoms with Gasteiger partial charge in [-0.25, -0.2) is 0 Å². The van der Waals surface area contributed by atoms with E-state index >= 15 is 0 Å². The monoisotopic (exact) mass is 339 g/mol. The molecular weight excluding hydrogens is 314 g/mol. The van der Waals surface area contributed by atoms with Gasteiger partial charge in [-0.2, -0.15) is 0 Å². The normalized spacial score (nSPS) is 14.6. The molecule has 0 saturated carbocycles. The molecule has 1 saturated heterocycles. The van der Waals surface area contributed by atoms with E-state index in [-0.39, 0.29) is 5.78 Å². The van der Waals surface area contributed by atoms with Gasteiger partial charge < -0.3 is 21.1 Å². The summed E-state index contributed by atoms with van der Waals surface area (Å²) in [5.74, 6) is 0.506. The maximum absolute atomic E-state index is 12.8. The molecule has 0 aliphatic carbocycles. The highest BCUT2D eigenvalue weighted by molar-refractivity contribution is 6.11. The Kier molecular flexibility index (Phi) is 5.56. The number of para-hydroxylation sites is 1.